The molecule has 2 aromatic carbocycles. The lowest BCUT2D eigenvalue weighted by atomic mass is 9.96. The maximum absolute atomic E-state index is 13.1. The Bertz CT molecular complexity index is 1080. The summed E-state index contributed by atoms with van der Waals surface area (Å²) >= 11 is 0. The standard InChI is InChI=1S/C27H30N4O2/c32-27(23-19-22-5-1-4-8-26(22)33-20-23)29-24-6-2-3-7-25(24)31-17-15-30(16-18-31)14-11-21-9-12-28-13-10-21/h1-10,12-13,23H,11,14-20H2,(H,29,32). The fourth-order valence-corrected chi connectivity index (χ4v) is 4.64. The lowest BCUT2D eigenvalue weighted by Gasteiger charge is -2.37. The molecule has 5 rings (SSSR count). The quantitative estimate of drug-likeness (QED) is 0.632. The van der Waals surface area contributed by atoms with Gasteiger partial charge in [0.1, 0.15) is 12.4 Å². The Morgan fingerprint density at radius 1 is 0.970 bits per heavy atom. The van der Waals surface area contributed by atoms with Crippen LogP contribution in [-0.2, 0) is 17.6 Å². The maximum atomic E-state index is 13.1. The van der Waals surface area contributed by atoms with Crippen molar-refractivity contribution in [2.24, 2.45) is 5.92 Å². The Kier molecular flexibility index (Phi) is 6.53. The minimum absolute atomic E-state index is 0.0212. The number of aromatic nitrogens is 1. The van der Waals surface area contributed by atoms with Crippen molar-refractivity contribution < 1.29 is 9.53 Å². The smallest absolute Gasteiger partial charge is 0.231 e. The topological polar surface area (TPSA) is 57.7 Å². The molecular weight excluding hydrogens is 412 g/mol. The summed E-state index contributed by atoms with van der Waals surface area (Å²) in [5.41, 5.74) is 4.40. The third-order valence-electron chi connectivity index (χ3n) is 6.59. The SMILES string of the molecule is O=C(Nc1ccccc1N1CCN(CCc2ccncc2)CC1)C1COc2ccccc2C1. The number of anilines is 2. The lowest BCUT2D eigenvalue weighted by Crippen LogP contribution is -2.47. The molecule has 0 saturated carbocycles. The zero-order valence-electron chi connectivity index (χ0n) is 18.8. The summed E-state index contributed by atoms with van der Waals surface area (Å²) in [5, 5.41) is 3.19. The molecule has 33 heavy (non-hydrogen) atoms. The summed E-state index contributed by atoms with van der Waals surface area (Å²) in [6.45, 7) is 5.40. The van der Waals surface area contributed by atoms with Gasteiger partial charge in [0.05, 0.1) is 17.3 Å². The van der Waals surface area contributed by atoms with Gasteiger partial charge in [-0.15, -0.1) is 0 Å². The van der Waals surface area contributed by atoms with Gasteiger partial charge in [-0.25, -0.2) is 0 Å². The fraction of sp³-hybridized carbons (Fsp3) is 0.333. The van der Waals surface area contributed by atoms with Gasteiger partial charge in [-0.1, -0.05) is 30.3 Å². The number of pyridine rings is 1. The molecule has 2 aliphatic rings. The van der Waals surface area contributed by atoms with Crippen molar-refractivity contribution >= 4 is 17.3 Å². The minimum Gasteiger partial charge on any atom is -0.492 e. The first kappa shape index (κ1) is 21.5. The molecule has 0 spiro atoms. The van der Waals surface area contributed by atoms with Crippen LogP contribution in [0.3, 0.4) is 0 Å². The predicted octanol–water partition coefficient (Wildman–Crippen LogP) is 3.64. The average molecular weight is 443 g/mol. The predicted molar refractivity (Wildman–Crippen MR) is 131 cm³/mol. The van der Waals surface area contributed by atoms with E-state index < -0.39 is 0 Å². The molecule has 0 aliphatic carbocycles. The number of nitrogens with one attached hydrogen (secondary N) is 1. The molecule has 1 fully saturated rings. The van der Waals surface area contributed by atoms with Crippen LogP contribution in [0.25, 0.3) is 0 Å². The van der Waals surface area contributed by atoms with Gasteiger partial charge >= 0.3 is 0 Å². The first-order chi connectivity index (χ1) is 16.3. The number of fused-ring (bicyclic) bond motifs is 1. The van der Waals surface area contributed by atoms with Gasteiger partial charge in [0, 0.05) is 45.1 Å². The molecule has 1 atom stereocenters. The molecule has 6 nitrogen and oxygen atoms in total. The number of hydrogen-bond donors (Lipinski definition) is 1. The Morgan fingerprint density at radius 2 is 1.73 bits per heavy atom. The summed E-state index contributed by atoms with van der Waals surface area (Å²) in [5.74, 6) is 0.731. The van der Waals surface area contributed by atoms with Crippen molar-refractivity contribution in [3.05, 3.63) is 84.2 Å². The van der Waals surface area contributed by atoms with E-state index in [1.807, 2.05) is 54.9 Å². The Hall–Kier alpha value is -3.38. The highest BCUT2D eigenvalue weighted by atomic mass is 16.5. The van der Waals surface area contributed by atoms with E-state index in [9.17, 15) is 4.79 Å². The van der Waals surface area contributed by atoms with E-state index in [-0.39, 0.29) is 11.8 Å². The largest absolute Gasteiger partial charge is 0.492 e. The zero-order chi connectivity index (χ0) is 22.5. The monoisotopic (exact) mass is 442 g/mol. The number of para-hydroxylation sites is 3. The molecule has 1 aromatic heterocycles. The van der Waals surface area contributed by atoms with Crippen molar-refractivity contribution in [1.82, 2.24) is 9.88 Å². The van der Waals surface area contributed by atoms with E-state index in [0.29, 0.717) is 13.0 Å². The number of piperazine rings is 1. The summed E-state index contributed by atoms with van der Waals surface area (Å²) in [6, 6.07) is 20.3. The number of hydrogen-bond acceptors (Lipinski definition) is 5. The molecular formula is C27H30N4O2. The highest BCUT2D eigenvalue weighted by molar-refractivity contribution is 5.96. The van der Waals surface area contributed by atoms with Crippen LogP contribution < -0.4 is 15.0 Å². The van der Waals surface area contributed by atoms with Gasteiger partial charge < -0.3 is 15.0 Å². The minimum atomic E-state index is -0.182. The average Bonchev–Trinajstić information content (AvgIpc) is 2.88. The second kappa shape index (κ2) is 10.0. The summed E-state index contributed by atoms with van der Waals surface area (Å²) < 4.78 is 5.83. The normalized spacial score (nSPS) is 18.3. The van der Waals surface area contributed by atoms with Crippen molar-refractivity contribution in [3.8, 4) is 5.75 Å². The van der Waals surface area contributed by atoms with Gasteiger partial charge in [0.2, 0.25) is 5.91 Å². The molecule has 170 valence electrons. The molecule has 3 aromatic rings. The van der Waals surface area contributed by atoms with Gasteiger partial charge in [0.15, 0.2) is 0 Å². The molecule has 2 aliphatic heterocycles. The van der Waals surface area contributed by atoms with Crippen molar-refractivity contribution in [2.45, 2.75) is 12.8 Å². The fourth-order valence-electron chi connectivity index (χ4n) is 4.64. The zero-order valence-corrected chi connectivity index (χ0v) is 18.8. The highest BCUT2D eigenvalue weighted by Gasteiger charge is 2.27. The molecule has 0 bridgehead atoms. The second-order valence-corrected chi connectivity index (χ2v) is 8.76. The van der Waals surface area contributed by atoms with Crippen molar-refractivity contribution in [1.29, 1.82) is 0 Å². The molecule has 0 radical (unpaired) electrons. The van der Waals surface area contributed by atoms with Gasteiger partial charge in [-0.3, -0.25) is 14.7 Å². The number of ether oxygens (including phenoxy) is 1. The van der Waals surface area contributed by atoms with Crippen LogP contribution in [0.5, 0.6) is 5.75 Å². The molecule has 1 N–H and O–H groups in total. The number of benzene rings is 2. The number of nitrogens with zero attached hydrogens (tertiary/aromatic N) is 3. The lowest BCUT2D eigenvalue weighted by molar-refractivity contribution is -0.121. The third kappa shape index (κ3) is 5.17. The van der Waals surface area contributed by atoms with E-state index in [1.54, 1.807) is 0 Å². The van der Waals surface area contributed by atoms with Crippen LogP contribution in [-0.4, -0.2) is 55.1 Å². The number of carbonyl (C=O) groups is 1. The van der Waals surface area contributed by atoms with Gasteiger partial charge in [0.25, 0.3) is 0 Å². The van der Waals surface area contributed by atoms with E-state index in [2.05, 4.69) is 38.3 Å². The maximum Gasteiger partial charge on any atom is 0.231 e. The summed E-state index contributed by atoms with van der Waals surface area (Å²) in [7, 11) is 0. The third-order valence-corrected chi connectivity index (χ3v) is 6.59. The highest BCUT2D eigenvalue weighted by Crippen LogP contribution is 2.30. The summed E-state index contributed by atoms with van der Waals surface area (Å²) in [6.07, 6.45) is 5.47. The first-order valence-electron chi connectivity index (χ1n) is 11.7. The van der Waals surface area contributed by atoms with Crippen LogP contribution in [0.1, 0.15) is 11.1 Å². The van der Waals surface area contributed by atoms with Crippen LogP contribution in [0.2, 0.25) is 0 Å². The molecule has 1 saturated heterocycles. The van der Waals surface area contributed by atoms with Gasteiger partial charge in [-0.2, -0.15) is 0 Å². The number of rotatable bonds is 6. The van der Waals surface area contributed by atoms with E-state index >= 15 is 0 Å². The van der Waals surface area contributed by atoms with E-state index in [0.717, 1.165) is 61.8 Å². The Morgan fingerprint density at radius 3 is 2.58 bits per heavy atom. The van der Waals surface area contributed by atoms with E-state index in [1.165, 1.54) is 5.56 Å². The van der Waals surface area contributed by atoms with Crippen LogP contribution in [0, 0.1) is 5.92 Å². The first-order valence-corrected chi connectivity index (χ1v) is 11.7. The van der Waals surface area contributed by atoms with Crippen LogP contribution in [0.15, 0.2) is 73.1 Å². The number of carbonyl (C=O) groups excluding carboxylic acids is 1. The molecule has 1 unspecified atom stereocenters. The Labute approximate surface area is 195 Å². The van der Waals surface area contributed by atoms with Crippen LogP contribution >= 0.6 is 0 Å². The Balaban J connectivity index is 1.18. The van der Waals surface area contributed by atoms with E-state index in [4.69, 9.17) is 4.74 Å². The molecule has 6 heteroatoms. The number of amides is 1. The van der Waals surface area contributed by atoms with Crippen molar-refractivity contribution in [3.63, 3.8) is 0 Å². The molecule has 1 amide bonds. The van der Waals surface area contributed by atoms with Gasteiger partial charge in [-0.05, 0) is 54.3 Å². The molecule has 3 heterocycles. The van der Waals surface area contributed by atoms with Crippen molar-refractivity contribution in [2.75, 3.05) is 49.5 Å². The summed E-state index contributed by atoms with van der Waals surface area (Å²) in [4.78, 5) is 22.0. The second-order valence-electron chi connectivity index (χ2n) is 8.76. The van der Waals surface area contributed by atoms with Crippen LogP contribution in [0.4, 0.5) is 11.4 Å².